The van der Waals surface area contributed by atoms with Crippen LogP contribution < -0.4 is 0 Å². The van der Waals surface area contributed by atoms with Crippen LogP contribution in [0, 0.1) is 17.8 Å². The van der Waals surface area contributed by atoms with E-state index in [1.807, 2.05) is 41.7 Å². The van der Waals surface area contributed by atoms with Crippen LogP contribution in [0.4, 0.5) is 0 Å². The fraction of sp³-hybridized carbons (Fsp3) is 0.955. The summed E-state index contributed by atoms with van der Waals surface area (Å²) >= 11 is 0. The molecule has 0 unspecified atom stereocenters. The molecule has 7 atom stereocenters. The minimum absolute atomic E-state index is 0.0878. The van der Waals surface area contributed by atoms with Crippen molar-refractivity contribution in [3.63, 3.8) is 0 Å². The third-order valence-corrected chi connectivity index (χ3v) is 5.96. The van der Waals surface area contributed by atoms with E-state index in [1.54, 1.807) is 13.8 Å². The van der Waals surface area contributed by atoms with Crippen LogP contribution in [0.25, 0.3) is 0 Å². The van der Waals surface area contributed by atoms with Gasteiger partial charge in [-0.05, 0) is 65.3 Å². The standard InChI is InChI=1S/C22H45NO5/c1-9-10-22(7,28)19(24)17(4)14-23(8)18(5)13-21(6,27)12-15(2)11-16(3)20(25)26/h15-19,24,27-28H,9-14H2,1-8H3,(H,25,26)/t15-,16+,17-,18+,19+,21-,22+/m0/s1. The SMILES string of the molecule is CCC[C@@](C)(O)[C@H](O)[C@@H](C)CN(C)[C@H](C)C[C@@](C)(O)C[C@@H](C)C[C@@H](C)C(=O)O. The van der Waals surface area contributed by atoms with Gasteiger partial charge in [-0.1, -0.05) is 34.1 Å². The molecule has 0 saturated heterocycles. The van der Waals surface area contributed by atoms with Crippen LogP contribution in [0.1, 0.15) is 80.6 Å². The molecule has 0 aliphatic heterocycles. The average molecular weight is 404 g/mol. The molecule has 0 aromatic carbocycles. The second-order valence-electron chi connectivity index (χ2n) is 9.80. The van der Waals surface area contributed by atoms with Crippen LogP contribution in [0.2, 0.25) is 0 Å². The predicted molar refractivity (Wildman–Crippen MR) is 113 cm³/mol. The largest absolute Gasteiger partial charge is 0.481 e. The molecule has 28 heavy (non-hydrogen) atoms. The normalized spacial score (nSPS) is 22.0. The first-order chi connectivity index (χ1) is 12.6. The van der Waals surface area contributed by atoms with Crippen LogP contribution in [0.15, 0.2) is 0 Å². The molecule has 0 rings (SSSR count). The summed E-state index contributed by atoms with van der Waals surface area (Å²) in [5, 5.41) is 40.9. The van der Waals surface area contributed by atoms with E-state index in [4.69, 9.17) is 5.11 Å². The lowest BCUT2D eigenvalue weighted by atomic mass is 9.83. The second-order valence-corrected chi connectivity index (χ2v) is 9.80. The Hall–Kier alpha value is -0.690. The molecule has 0 saturated carbocycles. The molecule has 0 bridgehead atoms. The summed E-state index contributed by atoms with van der Waals surface area (Å²) in [4.78, 5) is 13.1. The van der Waals surface area contributed by atoms with Gasteiger partial charge in [-0.15, -0.1) is 0 Å². The van der Waals surface area contributed by atoms with Gasteiger partial charge in [-0.25, -0.2) is 0 Å². The Labute approximate surface area is 172 Å². The molecular weight excluding hydrogens is 358 g/mol. The van der Waals surface area contributed by atoms with Crippen molar-refractivity contribution < 1.29 is 25.2 Å². The summed E-state index contributed by atoms with van der Waals surface area (Å²) in [6, 6.07) is 0.0878. The van der Waals surface area contributed by atoms with E-state index < -0.39 is 29.2 Å². The van der Waals surface area contributed by atoms with Gasteiger partial charge >= 0.3 is 5.97 Å². The maximum atomic E-state index is 11.0. The van der Waals surface area contributed by atoms with Crippen molar-refractivity contribution in [3.05, 3.63) is 0 Å². The monoisotopic (exact) mass is 403 g/mol. The van der Waals surface area contributed by atoms with Gasteiger partial charge in [-0.2, -0.15) is 0 Å². The molecule has 0 aromatic heterocycles. The van der Waals surface area contributed by atoms with Gasteiger partial charge in [0.15, 0.2) is 0 Å². The van der Waals surface area contributed by atoms with Crippen LogP contribution in [0.3, 0.4) is 0 Å². The second kappa shape index (κ2) is 11.5. The summed E-state index contributed by atoms with van der Waals surface area (Å²) in [5.74, 6) is -1.20. The van der Waals surface area contributed by atoms with Crippen LogP contribution in [-0.2, 0) is 4.79 Å². The fourth-order valence-corrected chi connectivity index (χ4v) is 4.41. The number of aliphatic hydroxyl groups excluding tert-OH is 1. The molecule has 0 radical (unpaired) electrons. The average Bonchev–Trinajstić information content (AvgIpc) is 2.52. The molecule has 4 N–H and O–H groups in total. The topological polar surface area (TPSA) is 101 Å². The number of rotatable bonds is 14. The summed E-state index contributed by atoms with van der Waals surface area (Å²) < 4.78 is 0. The van der Waals surface area contributed by atoms with Crippen LogP contribution in [-0.4, -0.2) is 68.2 Å². The van der Waals surface area contributed by atoms with Crippen LogP contribution in [0.5, 0.6) is 0 Å². The quantitative estimate of drug-likeness (QED) is 0.355. The summed E-state index contributed by atoms with van der Waals surface area (Å²) in [7, 11) is 1.97. The van der Waals surface area contributed by atoms with Crippen molar-refractivity contribution in [3.8, 4) is 0 Å². The molecular formula is C22H45NO5. The van der Waals surface area contributed by atoms with Crippen molar-refractivity contribution >= 4 is 5.97 Å². The van der Waals surface area contributed by atoms with E-state index >= 15 is 0 Å². The molecule has 0 aliphatic rings. The molecule has 6 nitrogen and oxygen atoms in total. The molecule has 0 aliphatic carbocycles. The first-order valence-electron chi connectivity index (χ1n) is 10.7. The lowest BCUT2D eigenvalue weighted by molar-refractivity contribution is -0.141. The van der Waals surface area contributed by atoms with Gasteiger partial charge in [-0.3, -0.25) is 4.79 Å². The zero-order valence-corrected chi connectivity index (χ0v) is 19.3. The predicted octanol–water partition coefficient (Wildman–Crippen LogP) is 3.13. The summed E-state index contributed by atoms with van der Waals surface area (Å²) in [6.07, 6.45) is 2.21. The minimum Gasteiger partial charge on any atom is -0.481 e. The highest BCUT2D eigenvalue weighted by Gasteiger charge is 2.35. The highest BCUT2D eigenvalue weighted by atomic mass is 16.4. The zero-order valence-electron chi connectivity index (χ0n) is 19.3. The summed E-state index contributed by atoms with van der Waals surface area (Å²) in [6.45, 7) is 13.8. The zero-order chi connectivity index (χ0) is 22.3. The van der Waals surface area contributed by atoms with Crippen molar-refractivity contribution in [1.29, 1.82) is 0 Å². The number of carboxylic acids is 1. The van der Waals surface area contributed by atoms with Gasteiger partial charge in [0.25, 0.3) is 0 Å². The fourth-order valence-electron chi connectivity index (χ4n) is 4.41. The van der Waals surface area contributed by atoms with E-state index in [0.717, 1.165) is 6.42 Å². The number of nitrogens with zero attached hydrogens (tertiary/aromatic N) is 1. The molecule has 0 aromatic rings. The van der Waals surface area contributed by atoms with Gasteiger partial charge in [0, 0.05) is 12.6 Å². The van der Waals surface area contributed by atoms with E-state index in [0.29, 0.717) is 32.2 Å². The molecule has 0 heterocycles. The van der Waals surface area contributed by atoms with Crippen molar-refractivity contribution in [2.75, 3.05) is 13.6 Å². The smallest absolute Gasteiger partial charge is 0.306 e. The Bertz CT molecular complexity index is 466. The summed E-state index contributed by atoms with van der Waals surface area (Å²) in [5.41, 5.74) is -1.99. The number of hydrogen-bond acceptors (Lipinski definition) is 5. The highest BCUT2D eigenvalue weighted by Crippen LogP contribution is 2.28. The lowest BCUT2D eigenvalue weighted by Gasteiger charge is -2.38. The van der Waals surface area contributed by atoms with E-state index in [9.17, 15) is 20.1 Å². The number of hydrogen-bond donors (Lipinski definition) is 4. The number of carboxylic acid groups (broad SMARTS) is 1. The van der Waals surface area contributed by atoms with E-state index in [2.05, 4.69) is 4.90 Å². The van der Waals surface area contributed by atoms with Gasteiger partial charge in [0.2, 0.25) is 0 Å². The molecule has 168 valence electrons. The van der Waals surface area contributed by atoms with Gasteiger partial charge in [0.05, 0.1) is 23.2 Å². The minimum atomic E-state index is -1.10. The lowest BCUT2D eigenvalue weighted by Crippen LogP contribution is -2.48. The first-order valence-corrected chi connectivity index (χ1v) is 10.7. The Morgan fingerprint density at radius 1 is 1.07 bits per heavy atom. The molecule has 0 spiro atoms. The van der Waals surface area contributed by atoms with Crippen molar-refractivity contribution in [2.24, 2.45) is 17.8 Å². The molecule has 6 heteroatoms. The number of carbonyl (C=O) groups is 1. The maximum Gasteiger partial charge on any atom is 0.306 e. The first kappa shape index (κ1) is 27.3. The van der Waals surface area contributed by atoms with Crippen molar-refractivity contribution in [2.45, 2.75) is 104 Å². The highest BCUT2D eigenvalue weighted by molar-refractivity contribution is 5.69. The Balaban J connectivity index is 4.69. The molecule has 0 fully saturated rings. The van der Waals surface area contributed by atoms with E-state index in [-0.39, 0.29) is 17.9 Å². The molecule has 0 amide bonds. The van der Waals surface area contributed by atoms with Crippen molar-refractivity contribution in [1.82, 2.24) is 4.90 Å². The van der Waals surface area contributed by atoms with Gasteiger partial charge in [0.1, 0.15) is 0 Å². The third-order valence-electron chi connectivity index (χ3n) is 5.96. The third kappa shape index (κ3) is 9.68. The Morgan fingerprint density at radius 3 is 2.07 bits per heavy atom. The maximum absolute atomic E-state index is 11.0. The number of aliphatic hydroxyl groups is 3. The van der Waals surface area contributed by atoms with Crippen LogP contribution >= 0.6 is 0 Å². The Kier molecular flexibility index (Phi) is 11.2. The number of aliphatic carboxylic acids is 1. The Morgan fingerprint density at radius 2 is 1.61 bits per heavy atom. The van der Waals surface area contributed by atoms with E-state index in [1.165, 1.54) is 0 Å². The van der Waals surface area contributed by atoms with Gasteiger partial charge < -0.3 is 25.3 Å².